The number of halogens is 1. The molecule has 0 bridgehead atoms. The Kier molecular flexibility index (Phi) is 6.22. The highest BCUT2D eigenvalue weighted by Gasteiger charge is 2.41. The van der Waals surface area contributed by atoms with Crippen molar-refractivity contribution in [2.24, 2.45) is 0 Å². The van der Waals surface area contributed by atoms with Crippen molar-refractivity contribution in [3.63, 3.8) is 0 Å². The largest absolute Gasteiger partial charge is 0.380 e. The monoisotopic (exact) mass is 479 g/mol. The number of hydrogen-bond donors (Lipinski definition) is 2. The Labute approximate surface area is 203 Å². The summed E-state index contributed by atoms with van der Waals surface area (Å²) in [5.41, 5.74) is 4.30. The Bertz CT molecular complexity index is 1210. The fourth-order valence-electron chi connectivity index (χ4n) is 5.68. The summed E-state index contributed by atoms with van der Waals surface area (Å²) >= 11 is 0. The maximum Gasteiger partial charge on any atom is 0.227 e. The van der Waals surface area contributed by atoms with Crippen LogP contribution in [0.4, 0.5) is 4.39 Å². The van der Waals surface area contributed by atoms with Crippen LogP contribution in [0.15, 0.2) is 36.7 Å². The predicted octanol–water partition coefficient (Wildman–Crippen LogP) is 2.63. The third-order valence-corrected chi connectivity index (χ3v) is 7.49. The third kappa shape index (κ3) is 4.55. The highest BCUT2D eigenvalue weighted by Crippen LogP contribution is 2.36. The van der Waals surface area contributed by atoms with Crippen molar-refractivity contribution < 1.29 is 18.7 Å². The highest BCUT2D eigenvalue weighted by atomic mass is 19.1. The number of fused-ring (bicyclic) bond motifs is 2. The molecule has 3 unspecified atom stereocenters. The molecule has 2 saturated heterocycles. The van der Waals surface area contributed by atoms with Crippen LogP contribution in [0.2, 0.25) is 0 Å². The summed E-state index contributed by atoms with van der Waals surface area (Å²) in [6.07, 6.45) is 6.63. The topological polar surface area (TPSA) is 92.4 Å². The van der Waals surface area contributed by atoms with Crippen LogP contribution in [-0.2, 0) is 33.8 Å². The molecule has 0 spiro atoms. The molecule has 9 heteroatoms. The first-order valence-corrected chi connectivity index (χ1v) is 12.4. The number of benzene rings is 1. The number of nitrogens with zero attached hydrogens (tertiary/aromatic N) is 3. The van der Waals surface area contributed by atoms with Crippen molar-refractivity contribution in [1.29, 1.82) is 0 Å². The fraction of sp³-hybridized carbons (Fsp3) is 0.500. The third-order valence-electron chi connectivity index (χ3n) is 7.49. The van der Waals surface area contributed by atoms with E-state index >= 15 is 0 Å². The Morgan fingerprint density at radius 3 is 3.09 bits per heavy atom. The summed E-state index contributed by atoms with van der Waals surface area (Å²) in [5, 5.41) is 3.21. The number of imidazole rings is 1. The predicted molar refractivity (Wildman–Crippen MR) is 128 cm³/mol. The van der Waals surface area contributed by atoms with Gasteiger partial charge in [-0.3, -0.25) is 14.7 Å². The average Bonchev–Trinajstić information content (AvgIpc) is 3.66. The minimum atomic E-state index is -0.588. The van der Waals surface area contributed by atoms with Crippen LogP contribution in [-0.4, -0.2) is 70.2 Å². The number of likely N-dealkylation sites (tertiary alicyclic amines) is 1. The molecule has 4 heterocycles. The van der Waals surface area contributed by atoms with E-state index in [1.165, 1.54) is 5.56 Å². The number of aromatic nitrogens is 3. The van der Waals surface area contributed by atoms with Gasteiger partial charge in [0.1, 0.15) is 12.5 Å². The van der Waals surface area contributed by atoms with Crippen LogP contribution in [0.3, 0.4) is 0 Å². The van der Waals surface area contributed by atoms with E-state index in [4.69, 9.17) is 9.47 Å². The molecule has 184 valence electrons. The zero-order valence-electron chi connectivity index (χ0n) is 19.6. The van der Waals surface area contributed by atoms with Crippen molar-refractivity contribution in [1.82, 2.24) is 25.2 Å². The number of pyridine rings is 1. The lowest BCUT2D eigenvalue weighted by Crippen LogP contribution is -2.45. The summed E-state index contributed by atoms with van der Waals surface area (Å²) in [6, 6.07) is 7.64. The molecular weight excluding hydrogens is 449 g/mol. The number of hydrogen-bond acceptors (Lipinski definition) is 6. The molecule has 1 aliphatic carbocycles. The molecule has 1 amide bonds. The van der Waals surface area contributed by atoms with E-state index in [1.807, 2.05) is 18.5 Å². The number of alkyl halides is 1. The van der Waals surface area contributed by atoms with Gasteiger partial charge in [-0.25, -0.2) is 9.37 Å². The number of carbonyl (C=O) groups excluding carboxylic acids is 1. The number of aryl methyl sites for hydroxylation is 1. The van der Waals surface area contributed by atoms with Crippen molar-refractivity contribution >= 4 is 16.9 Å². The summed E-state index contributed by atoms with van der Waals surface area (Å²) in [7, 11) is 0. The average molecular weight is 480 g/mol. The molecule has 6 rings (SSSR count). The molecule has 0 saturated carbocycles. The number of amides is 1. The maximum absolute atomic E-state index is 13.3. The zero-order valence-corrected chi connectivity index (χ0v) is 19.6. The lowest BCUT2D eigenvalue weighted by molar-refractivity contribution is -0.122. The van der Waals surface area contributed by atoms with Gasteiger partial charge in [0.25, 0.3) is 0 Å². The SMILES string of the molecule is O=C(Cc1nc2c(CF)cccc2[nH]1)NC1CN(C2CCOC2)C[C@@H]1OC1CCc2ccncc21. The molecule has 0 radical (unpaired) electrons. The van der Waals surface area contributed by atoms with Crippen LogP contribution in [0.1, 0.15) is 41.5 Å². The van der Waals surface area contributed by atoms with Crippen molar-refractivity contribution in [3.8, 4) is 0 Å². The van der Waals surface area contributed by atoms with Gasteiger partial charge >= 0.3 is 0 Å². The molecule has 4 atom stereocenters. The van der Waals surface area contributed by atoms with Gasteiger partial charge in [0.2, 0.25) is 5.91 Å². The first-order chi connectivity index (χ1) is 17.2. The highest BCUT2D eigenvalue weighted by molar-refractivity contribution is 5.82. The summed E-state index contributed by atoms with van der Waals surface area (Å²) in [5.74, 6) is 0.410. The smallest absolute Gasteiger partial charge is 0.227 e. The van der Waals surface area contributed by atoms with Crippen molar-refractivity contribution in [2.75, 3.05) is 26.3 Å². The molecule has 3 aliphatic rings. The molecular formula is C26H30FN5O3. The summed E-state index contributed by atoms with van der Waals surface area (Å²) in [6.45, 7) is 2.39. The lowest BCUT2D eigenvalue weighted by atomic mass is 10.1. The molecule has 2 N–H and O–H groups in total. The number of aromatic amines is 1. The van der Waals surface area contributed by atoms with Crippen LogP contribution >= 0.6 is 0 Å². The van der Waals surface area contributed by atoms with Gasteiger partial charge < -0.3 is 19.8 Å². The Morgan fingerprint density at radius 2 is 2.23 bits per heavy atom. The van der Waals surface area contributed by atoms with Crippen LogP contribution in [0.5, 0.6) is 0 Å². The quantitative estimate of drug-likeness (QED) is 0.541. The lowest BCUT2D eigenvalue weighted by Gasteiger charge is -2.24. The van der Waals surface area contributed by atoms with E-state index in [-0.39, 0.29) is 30.6 Å². The Morgan fingerprint density at radius 1 is 1.29 bits per heavy atom. The normalized spacial score (nSPS) is 26.4. The van der Waals surface area contributed by atoms with Gasteiger partial charge in [-0.15, -0.1) is 0 Å². The van der Waals surface area contributed by atoms with Gasteiger partial charge in [-0.2, -0.15) is 0 Å². The number of para-hydroxylation sites is 1. The number of ether oxygens (including phenoxy) is 2. The first kappa shape index (κ1) is 22.6. The van der Waals surface area contributed by atoms with Crippen LogP contribution < -0.4 is 5.32 Å². The second kappa shape index (κ2) is 9.64. The van der Waals surface area contributed by atoms with E-state index < -0.39 is 6.67 Å². The minimum Gasteiger partial charge on any atom is -0.380 e. The van der Waals surface area contributed by atoms with E-state index in [9.17, 15) is 9.18 Å². The number of H-pyrrole nitrogens is 1. The van der Waals surface area contributed by atoms with E-state index in [2.05, 4.69) is 31.2 Å². The number of nitrogens with one attached hydrogen (secondary N) is 2. The van der Waals surface area contributed by atoms with Gasteiger partial charge in [0, 0.05) is 49.3 Å². The first-order valence-electron chi connectivity index (χ1n) is 12.4. The van der Waals surface area contributed by atoms with Gasteiger partial charge in [0.05, 0.1) is 42.3 Å². The molecule has 8 nitrogen and oxygen atoms in total. The van der Waals surface area contributed by atoms with Gasteiger partial charge in [0.15, 0.2) is 0 Å². The Balaban J connectivity index is 1.16. The second-order valence-electron chi connectivity index (χ2n) is 9.73. The maximum atomic E-state index is 13.3. The molecule has 2 aliphatic heterocycles. The molecule has 1 aromatic carbocycles. The van der Waals surface area contributed by atoms with Crippen molar-refractivity contribution in [2.45, 2.75) is 56.6 Å². The Hall–Kier alpha value is -2.88. The van der Waals surface area contributed by atoms with E-state index in [0.717, 1.165) is 56.6 Å². The number of carbonyl (C=O) groups is 1. The standard InChI is InChI=1S/C26H30FN5O3/c27-11-17-2-1-3-20-26(17)31-24(29-20)10-25(33)30-21-13-32(18-7-9-34-15-18)14-23(21)35-22-5-4-16-6-8-28-12-19(16)22/h1-3,6,8,12,18,21-23H,4-5,7,9-11,13-15H2,(H,29,31)(H,30,33)/t18?,21?,22?,23-/m0/s1. The zero-order chi connectivity index (χ0) is 23.8. The summed E-state index contributed by atoms with van der Waals surface area (Å²) < 4.78 is 25.5. The fourth-order valence-corrected chi connectivity index (χ4v) is 5.68. The van der Waals surface area contributed by atoms with Crippen molar-refractivity contribution in [3.05, 3.63) is 59.2 Å². The second-order valence-corrected chi connectivity index (χ2v) is 9.73. The minimum absolute atomic E-state index is 0.00243. The molecule has 35 heavy (non-hydrogen) atoms. The van der Waals surface area contributed by atoms with Crippen LogP contribution in [0.25, 0.3) is 11.0 Å². The van der Waals surface area contributed by atoms with E-state index in [0.29, 0.717) is 22.9 Å². The summed E-state index contributed by atoms with van der Waals surface area (Å²) in [4.78, 5) is 27.4. The van der Waals surface area contributed by atoms with Crippen LogP contribution in [0, 0.1) is 0 Å². The number of rotatable bonds is 7. The van der Waals surface area contributed by atoms with E-state index in [1.54, 1.807) is 12.1 Å². The molecule has 2 fully saturated rings. The molecule has 3 aromatic rings. The van der Waals surface area contributed by atoms with Gasteiger partial charge in [-0.1, -0.05) is 12.1 Å². The molecule has 2 aromatic heterocycles. The van der Waals surface area contributed by atoms with Gasteiger partial charge in [-0.05, 0) is 37.0 Å².